The van der Waals surface area contributed by atoms with Gasteiger partial charge in [0.15, 0.2) is 5.78 Å². The standard InChI is InChI=1S/C24H31N3O3/c1-5-27(6-2)20(16-10-8-7-9-11-16)15-25-22(29)18-12-17-19(26-23(18)30)13-24(3,4)14-21(17)28/h7-12,20H,5-6,13-15H2,1-4H3,(H,25,29)(H,26,30). The van der Waals surface area contributed by atoms with Crippen molar-refractivity contribution >= 4 is 11.7 Å². The monoisotopic (exact) mass is 409 g/mol. The van der Waals surface area contributed by atoms with Gasteiger partial charge < -0.3 is 10.3 Å². The van der Waals surface area contributed by atoms with Crippen LogP contribution >= 0.6 is 0 Å². The van der Waals surface area contributed by atoms with Crippen LogP contribution in [0.15, 0.2) is 41.2 Å². The summed E-state index contributed by atoms with van der Waals surface area (Å²) in [6, 6.07) is 11.5. The van der Waals surface area contributed by atoms with E-state index in [1.165, 1.54) is 6.07 Å². The Morgan fingerprint density at radius 3 is 2.43 bits per heavy atom. The first-order chi connectivity index (χ1) is 14.3. The van der Waals surface area contributed by atoms with Crippen molar-refractivity contribution in [1.29, 1.82) is 0 Å². The smallest absolute Gasteiger partial charge is 0.261 e. The van der Waals surface area contributed by atoms with Crippen LogP contribution in [0.1, 0.15) is 72.1 Å². The van der Waals surface area contributed by atoms with Crippen LogP contribution in [0.5, 0.6) is 0 Å². The number of H-pyrrole nitrogens is 1. The van der Waals surface area contributed by atoms with Crippen molar-refractivity contribution in [3.8, 4) is 0 Å². The number of Topliss-reactive ketones (excluding diaryl/α,β-unsaturated/α-hetero) is 1. The number of hydrogen-bond acceptors (Lipinski definition) is 4. The second-order valence-corrected chi connectivity index (χ2v) is 8.70. The molecule has 1 heterocycles. The number of ketones is 1. The SMILES string of the molecule is CCN(CC)C(CNC(=O)c1cc2c([nH]c1=O)CC(C)(C)CC2=O)c1ccccc1. The average molecular weight is 410 g/mol. The van der Waals surface area contributed by atoms with Gasteiger partial charge in [-0.05, 0) is 36.6 Å². The molecule has 1 aliphatic carbocycles. The normalized spacial score (nSPS) is 16.2. The molecule has 0 fully saturated rings. The number of rotatable bonds is 7. The van der Waals surface area contributed by atoms with E-state index in [1.54, 1.807) is 0 Å². The lowest BCUT2D eigenvalue weighted by Gasteiger charge is -2.30. The summed E-state index contributed by atoms with van der Waals surface area (Å²) >= 11 is 0. The van der Waals surface area contributed by atoms with Crippen LogP contribution in [0.2, 0.25) is 0 Å². The summed E-state index contributed by atoms with van der Waals surface area (Å²) in [6.45, 7) is 10.2. The minimum absolute atomic E-state index is 0.00397. The van der Waals surface area contributed by atoms with Gasteiger partial charge in [0, 0.05) is 24.2 Å². The maximum absolute atomic E-state index is 12.9. The predicted molar refractivity (Wildman–Crippen MR) is 118 cm³/mol. The molecule has 0 spiro atoms. The van der Waals surface area contributed by atoms with Gasteiger partial charge in [0.2, 0.25) is 0 Å². The summed E-state index contributed by atoms with van der Waals surface area (Å²) < 4.78 is 0. The third kappa shape index (κ3) is 4.70. The number of benzene rings is 1. The lowest BCUT2D eigenvalue weighted by molar-refractivity contribution is 0.0910. The quantitative estimate of drug-likeness (QED) is 0.735. The number of likely N-dealkylation sites (N-methyl/N-ethyl adjacent to an activating group) is 1. The Morgan fingerprint density at radius 1 is 1.13 bits per heavy atom. The maximum atomic E-state index is 12.9. The van der Waals surface area contributed by atoms with Gasteiger partial charge in [-0.3, -0.25) is 19.3 Å². The van der Waals surface area contributed by atoms with Crippen LogP contribution in [-0.4, -0.2) is 41.2 Å². The highest BCUT2D eigenvalue weighted by molar-refractivity contribution is 6.02. The Labute approximate surface area is 177 Å². The minimum atomic E-state index is -0.454. The van der Waals surface area contributed by atoms with E-state index in [0.717, 1.165) is 18.7 Å². The zero-order valence-electron chi connectivity index (χ0n) is 18.2. The number of hydrogen-bond donors (Lipinski definition) is 2. The summed E-state index contributed by atoms with van der Waals surface area (Å²) in [5.74, 6) is -0.485. The van der Waals surface area contributed by atoms with E-state index in [2.05, 4.69) is 29.0 Å². The summed E-state index contributed by atoms with van der Waals surface area (Å²) in [4.78, 5) is 43.0. The molecule has 2 N–H and O–H groups in total. The molecule has 1 amide bonds. The first-order valence-electron chi connectivity index (χ1n) is 10.6. The second kappa shape index (κ2) is 8.96. The molecule has 2 aromatic rings. The van der Waals surface area contributed by atoms with E-state index in [9.17, 15) is 14.4 Å². The molecule has 30 heavy (non-hydrogen) atoms. The predicted octanol–water partition coefficient (Wildman–Crippen LogP) is 3.34. The lowest BCUT2D eigenvalue weighted by atomic mass is 9.75. The molecule has 0 saturated heterocycles. The van der Waals surface area contributed by atoms with Gasteiger partial charge in [-0.15, -0.1) is 0 Å². The molecule has 1 aliphatic rings. The molecule has 0 bridgehead atoms. The van der Waals surface area contributed by atoms with Gasteiger partial charge in [0.1, 0.15) is 5.56 Å². The van der Waals surface area contributed by atoms with Crippen LogP contribution in [-0.2, 0) is 6.42 Å². The van der Waals surface area contributed by atoms with Crippen molar-refractivity contribution < 1.29 is 9.59 Å². The summed E-state index contributed by atoms with van der Waals surface area (Å²) in [5, 5.41) is 2.91. The molecule has 1 aromatic carbocycles. The molecular formula is C24H31N3O3. The van der Waals surface area contributed by atoms with Crippen molar-refractivity contribution in [3.63, 3.8) is 0 Å². The number of nitrogens with one attached hydrogen (secondary N) is 2. The molecule has 3 rings (SSSR count). The zero-order chi connectivity index (χ0) is 21.9. The molecule has 1 aromatic heterocycles. The molecule has 1 unspecified atom stereocenters. The number of fused-ring (bicyclic) bond motifs is 1. The summed E-state index contributed by atoms with van der Waals surface area (Å²) in [6.07, 6.45) is 1.02. The highest BCUT2D eigenvalue weighted by Crippen LogP contribution is 2.33. The first kappa shape index (κ1) is 22.0. The number of carbonyl (C=O) groups is 2. The lowest BCUT2D eigenvalue weighted by Crippen LogP contribution is -2.40. The third-order valence-corrected chi connectivity index (χ3v) is 5.86. The Kier molecular flexibility index (Phi) is 6.56. The van der Waals surface area contributed by atoms with Crippen molar-refractivity contribution in [2.24, 2.45) is 5.41 Å². The van der Waals surface area contributed by atoms with Gasteiger partial charge in [-0.2, -0.15) is 0 Å². The van der Waals surface area contributed by atoms with Crippen molar-refractivity contribution in [2.45, 2.75) is 46.6 Å². The average Bonchev–Trinajstić information content (AvgIpc) is 2.70. The van der Waals surface area contributed by atoms with Gasteiger partial charge in [0.25, 0.3) is 11.5 Å². The fourth-order valence-electron chi connectivity index (χ4n) is 4.28. The molecular weight excluding hydrogens is 378 g/mol. The highest BCUT2D eigenvalue weighted by Gasteiger charge is 2.32. The molecule has 6 heteroatoms. The van der Waals surface area contributed by atoms with E-state index < -0.39 is 11.5 Å². The van der Waals surface area contributed by atoms with E-state index in [0.29, 0.717) is 30.6 Å². The topological polar surface area (TPSA) is 82.3 Å². The van der Waals surface area contributed by atoms with Gasteiger partial charge in [-0.25, -0.2) is 0 Å². The van der Waals surface area contributed by atoms with E-state index in [4.69, 9.17) is 0 Å². The van der Waals surface area contributed by atoms with Crippen molar-refractivity contribution in [2.75, 3.05) is 19.6 Å². The van der Waals surface area contributed by atoms with Crippen LogP contribution in [0.4, 0.5) is 0 Å². The number of carbonyl (C=O) groups excluding carboxylic acids is 2. The highest BCUT2D eigenvalue weighted by atomic mass is 16.2. The minimum Gasteiger partial charge on any atom is -0.350 e. The summed E-state index contributed by atoms with van der Waals surface area (Å²) in [5.41, 5.74) is 1.55. The number of nitrogens with zero attached hydrogens (tertiary/aromatic N) is 1. The fourth-order valence-corrected chi connectivity index (χ4v) is 4.28. The fraction of sp³-hybridized carbons (Fsp3) is 0.458. The van der Waals surface area contributed by atoms with Crippen LogP contribution in [0.25, 0.3) is 0 Å². The Balaban J connectivity index is 1.82. The number of pyridine rings is 1. The molecule has 160 valence electrons. The van der Waals surface area contributed by atoms with Gasteiger partial charge in [-0.1, -0.05) is 58.0 Å². The van der Waals surface area contributed by atoms with E-state index in [1.807, 2.05) is 44.2 Å². The number of aromatic amines is 1. The molecule has 0 aliphatic heterocycles. The largest absolute Gasteiger partial charge is 0.350 e. The molecule has 0 radical (unpaired) electrons. The van der Waals surface area contributed by atoms with Crippen molar-refractivity contribution in [3.05, 3.63) is 69.1 Å². The Bertz CT molecular complexity index is 975. The third-order valence-electron chi connectivity index (χ3n) is 5.86. The van der Waals surface area contributed by atoms with Gasteiger partial charge in [0.05, 0.1) is 6.04 Å². The molecule has 6 nitrogen and oxygen atoms in total. The van der Waals surface area contributed by atoms with E-state index in [-0.39, 0.29) is 22.8 Å². The van der Waals surface area contributed by atoms with E-state index >= 15 is 0 Å². The van der Waals surface area contributed by atoms with Crippen molar-refractivity contribution in [1.82, 2.24) is 15.2 Å². The zero-order valence-corrected chi connectivity index (χ0v) is 18.2. The maximum Gasteiger partial charge on any atom is 0.261 e. The Morgan fingerprint density at radius 2 is 1.80 bits per heavy atom. The van der Waals surface area contributed by atoms with Crippen LogP contribution in [0, 0.1) is 5.41 Å². The molecule has 1 atom stereocenters. The first-order valence-corrected chi connectivity index (χ1v) is 10.6. The second-order valence-electron chi connectivity index (χ2n) is 8.70. The Hall–Kier alpha value is -2.73. The van der Waals surface area contributed by atoms with Gasteiger partial charge >= 0.3 is 0 Å². The van der Waals surface area contributed by atoms with Crippen LogP contribution < -0.4 is 10.9 Å². The molecule has 0 saturated carbocycles. The number of aromatic nitrogens is 1. The summed E-state index contributed by atoms with van der Waals surface area (Å²) in [7, 11) is 0. The van der Waals surface area contributed by atoms with Crippen LogP contribution in [0.3, 0.4) is 0 Å². The number of amides is 1.